The zero-order valence-electron chi connectivity index (χ0n) is 29.4. The average molecular weight is 684 g/mol. The lowest BCUT2D eigenvalue weighted by atomic mass is 9.86. The van der Waals surface area contributed by atoms with Crippen LogP contribution in [0.5, 0.6) is 17.2 Å². The summed E-state index contributed by atoms with van der Waals surface area (Å²) >= 11 is 0. The maximum absolute atomic E-state index is 13.4. The molecule has 5 amide bonds. The van der Waals surface area contributed by atoms with Gasteiger partial charge in [-0.05, 0) is 48.2 Å². The van der Waals surface area contributed by atoms with Crippen LogP contribution >= 0.6 is 0 Å². The van der Waals surface area contributed by atoms with Crippen molar-refractivity contribution in [3.8, 4) is 17.2 Å². The molecule has 13 heteroatoms. The molecule has 5 rings (SSSR count). The first-order valence-corrected chi connectivity index (χ1v) is 16.5. The van der Waals surface area contributed by atoms with E-state index in [4.69, 9.17) is 14.2 Å². The highest BCUT2D eigenvalue weighted by molar-refractivity contribution is 6.08. The standard InChI is InChI=1S/C37H45N7O6/c1-7-38-35(46)44-18-16-43(17-19-44)23-25-22-26(14-15-39-25)50-32-13-12-29(27-10-8-9-11-28(27)32)40-34(45)41-30-20-24(37(2,3)4)21-31(33(30)48-5)42-36(47)49-6/h8-15,20-22H,7,16-19,23H2,1-6H3,(H,38,46)(H,42,47)(H2,40,41,45). The highest BCUT2D eigenvalue weighted by Gasteiger charge is 2.23. The Bertz CT molecular complexity index is 1850. The Morgan fingerprint density at radius 3 is 2.18 bits per heavy atom. The number of anilines is 3. The van der Waals surface area contributed by atoms with Crippen LogP contribution < -0.4 is 30.7 Å². The highest BCUT2D eigenvalue weighted by atomic mass is 16.5. The largest absolute Gasteiger partial charge is 0.492 e. The van der Waals surface area contributed by atoms with Crippen molar-refractivity contribution >= 4 is 46.0 Å². The van der Waals surface area contributed by atoms with Crippen molar-refractivity contribution in [3.05, 3.63) is 78.1 Å². The van der Waals surface area contributed by atoms with Gasteiger partial charge in [0.15, 0.2) is 5.75 Å². The number of nitrogens with one attached hydrogen (secondary N) is 4. The SMILES string of the molecule is CCNC(=O)N1CCN(Cc2cc(Oc3ccc(NC(=O)Nc4cc(C(C)(C)C)cc(NC(=O)OC)c4OC)c4ccccc34)ccn2)CC1. The van der Waals surface area contributed by atoms with Crippen LogP contribution in [0.1, 0.15) is 39.0 Å². The second-order valence-electron chi connectivity index (χ2n) is 12.9. The molecular weight excluding hydrogens is 638 g/mol. The van der Waals surface area contributed by atoms with Crippen LogP contribution in [0, 0.1) is 0 Å². The van der Waals surface area contributed by atoms with Crippen molar-refractivity contribution in [2.24, 2.45) is 0 Å². The molecule has 0 spiro atoms. The van der Waals surface area contributed by atoms with Gasteiger partial charge in [0.2, 0.25) is 0 Å². The van der Waals surface area contributed by atoms with Crippen LogP contribution in [-0.2, 0) is 16.7 Å². The first-order chi connectivity index (χ1) is 24.0. The Morgan fingerprint density at radius 1 is 0.840 bits per heavy atom. The average Bonchev–Trinajstić information content (AvgIpc) is 3.09. The molecule has 50 heavy (non-hydrogen) atoms. The summed E-state index contributed by atoms with van der Waals surface area (Å²) in [7, 11) is 2.74. The van der Waals surface area contributed by atoms with Crippen LogP contribution in [0.3, 0.4) is 0 Å². The molecule has 4 aromatic rings. The molecule has 4 N–H and O–H groups in total. The number of ether oxygens (including phenoxy) is 3. The van der Waals surface area contributed by atoms with Gasteiger partial charge in [-0.25, -0.2) is 14.4 Å². The fourth-order valence-corrected chi connectivity index (χ4v) is 5.71. The van der Waals surface area contributed by atoms with Crippen molar-refractivity contribution in [3.63, 3.8) is 0 Å². The lowest BCUT2D eigenvalue weighted by molar-refractivity contribution is 0.135. The van der Waals surface area contributed by atoms with Gasteiger partial charge in [0, 0.05) is 62.3 Å². The quantitative estimate of drug-likeness (QED) is 0.148. The maximum Gasteiger partial charge on any atom is 0.411 e. The summed E-state index contributed by atoms with van der Waals surface area (Å²) in [5.74, 6) is 1.55. The normalized spacial score (nSPS) is 13.4. The van der Waals surface area contributed by atoms with E-state index < -0.39 is 12.1 Å². The number of pyridine rings is 1. The summed E-state index contributed by atoms with van der Waals surface area (Å²) in [5, 5.41) is 13.0. The van der Waals surface area contributed by atoms with E-state index in [-0.39, 0.29) is 17.2 Å². The van der Waals surface area contributed by atoms with E-state index in [2.05, 4.69) is 31.2 Å². The van der Waals surface area contributed by atoms with Crippen molar-refractivity contribution in [2.75, 3.05) is 62.9 Å². The van der Waals surface area contributed by atoms with Crippen LogP contribution in [-0.4, -0.2) is 79.9 Å². The number of nitrogens with zero attached hydrogens (tertiary/aromatic N) is 3. The van der Waals surface area contributed by atoms with Crippen LogP contribution in [0.2, 0.25) is 0 Å². The summed E-state index contributed by atoms with van der Waals surface area (Å²) in [5.41, 5.74) is 2.76. The van der Waals surface area contributed by atoms with Crippen molar-refractivity contribution in [1.82, 2.24) is 20.1 Å². The lowest BCUT2D eigenvalue weighted by Gasteiger charge is -2.34. The second-order valence-corrected chi connectivity index (χ2v) is 12.9. The molecule has 0 bridgehead atoms. The monoisotopic (exact) mass is 683 g/mol. The first-order valence-electron chi connectivity index (χ1n) is 16.5. The van der Waals surface area contributed by atoms with Gasteiger partial charge in [-0.3, -0.25) is 15.2 Å². The second kappa shape index (κ2) is 15.8. The number of rotatable bonds is 9. The number of methoxy groups -OCH3 is 2. The Kier molecular flexibility index (Phi) is 11.3. The highest BCUT2D eigenvalue weighted by Crippen LogP contribution is 2.39. The fourth-order valence-electron chi connectivity index (χ4n) is 5.71. The molecule has 3 aromatic carbocycles. The van der Waals surface area contributed by atoms with Gasteiger partial charge < -0.3 is 35.1 Å². The van der Waals surface area contributed by atoms with E-state index in [1.807, 2.05) is 81.1 Å². The topological polar surface area (TPSA) is 146 Å². The predicted molar refractivity (Wildman–Crippen MR) is 195 cm³/mol. The number of carbonyl (C=O) groups excluding carboxylic acids is 3. The summed E-state index contributed by atoms with van der Waals surface area (Å²) in [6.45, 7) is 12.1. The number of hydrogen-bond donors (Lipinski definition) is 4. The molecule has 0 unspecified atom stereocenters. The number of amides is 5. The third kappa shape index (κ3) is 8.72. The minimum atomic E-state index is -0.658. The van der Waals surface area contributed by atoms with Gasteiger partial charge in [0.1, 0.15) is 11.5 Å². The third-order valence-corrected chi connectivity index (χ3v) is 8.35. The molecule has 1 fully saturated rings. The van der Waals surface area contributed by atoms with Crippen LogP contribution in [0.15, 0.2) is 66.9 Å². The maximum atomic E-state index is 13.4. The Labute approximate surface area is 292 Å². The number of aromatic nitrogens is 1. The van der Waals surface area contributed by atoms with E-state index in [1.54, 1.807) is 18.3 Å². The molecule has 1 aliphatic heterocycles. The Balaban J connectivity index is 1.31. The molecule has 1 aliphatic rings. The summed E-state index contributed by atoms with van der Waals surface area (Å²) < 4.78 is 16.8. The summed E-state index contributed by atoms with van der Waals surface area (Å²) in [4.78, 5) is 46.3. The van der Waals surface area contributed by atoms with Crippen LogP contribution in [0.25, 0.3) is 10.8 Å². The molecule has 264 valence electrons. The summed E-state index contributed by atoms with van der Waals surface area (Å²) in [6, 6.07) is 18.1. The molecule has 0 saturated carbocycles. The number of benzene rings is 3. The molecular formula is C37H45N7O6. The summed E-state index contributed by atoms with van der Waals surface area (Å²) in [6.07, 6.45) is 1.07. The van der Waals surface area contributed by atoms with Crippen LogP contribution in [0.4, 0.5) is 31.4 Å². The molecule has 0 atom stereocenters. The number of fused-ring (bicyclic) bond motifs is 1. The zero-order chi connectivity index (χ0) is 35.8. The lowest BCUT2D eigenvalue weighted by Crippen LogP contribution is -2.51. The molecule has 0 radical (unpaired) electrons. The number of hydrogen-bond acceptors (Lipinski definition) is 8. The molecule has 1 saturated heterocycles. The smallest absolute Gasteiger partial charge is 0.411 e. The molecule has 13 nitrogen and oxygen atoms in total. The minimum Gasteiger partial charge on any atom is -0.492 e. The van der Waals surface area contributed by atoms with Gasteiger partial charge in [-0.2, -0.15) is 0 Å². The number of piperazine rings is 1. The van der Waals surface area contributed by atoms with Gasteiger partial charge in [0.25, 0.3) is 0 Å². The van der Waals surface area contributed by atoms with Crippen molar-refractivity contribution < 1.29 is 28.6 Å². The van der Waals surface area contributed by atoms with Gasteiger partial charge in [0.05, 0.1) is 37.0 Å². The van der Waals surface area contributed by atoms with E-state index >= 15 is 0 Å². The van der Waals surface area contributed by atoms with E-state index in [1.165, 1.54) is 14.2 Å². The van der Waals surface area contributed by atoms with Gasteiger partial charge >= 0.3 is 18.2 Å². The molecule has 0 aliphatic carbocycles. The Morgan fingerprint density at radius 2 is 1.52 bits per heavy atom. The van der Waals surface area contributed by atoms with Gasteiger partial charge in [-0.15, -0.1) is 0 Å². The molecule has 2 heterocycles. The van der Waals surface area contributed by atoms with E-state index in [0.29, 0.717) is 54.7 Å². The number of urea groups is 2. The van der Waals surface area contributed by atoms with Crippen molar-refractivity contribution in [1.29, 1.82) is 0 Å². The molecule has 1 aromatic heterocycles. The third-order valence-electron chi connectivity index (χ3n) is 8.35. The first kappa shape index (κ1) is 35.7. The van der Waals surface area contributed by atoms with E-state index in [0.717, 1.165) is 35.1 Å². The minimum absolute atomic E-state index is 0.0236. The van der Waals surface area contributed by atoms with E-state index in [9.17, 15) is 14.4 Å². The zero-order valence-corrected chi connectivity index (χ0v) is 29.4. The fraction of sp³-hybridized carbons (Fsp3) is 0.351. The van der Waals surface area contributed by atoms with Gasteiger partial charge in [-0.1, -0.05) is 45.0 Å². The van der Waals surface area contributed by atoms with Crippen molar-refractivity contribution in [2.45, 2.75) is 39.7 Å². The predicted octanol–water partition coefficient (Wildman–Crippen LogP) is 7.00. The number of carbonyl (C=O) groups is 3. The Hall–Kier alpha value is -5.56.